The molecule has 0 radical (unpaired) electrons. The molecule has 2 unspecified atom stereocenters. The van der Waals surface area contributed by atoms with Crippen LogP contribution >= 0.6 is 11.3 Å². The Bertz CT molecular complexity index is 528. The molecular weight excluding hydrogens is 332 g/mol. The third-order valence-corrected chi connectivity index (χ3v) is 6.04. The Hall–Kier alpha value is -1.11. The van der Waals surface area contributed by atoms with E-state index in [9.17, 15) is 0 Å². The van der Waals surface area contributed by atoms with Crippen molar-refractivity contribution in [3.63, 3.8) is 0 Å². The summed E-state index contributed by atoms with van der Waals surface area (Å²) in [6.45, 7) is 12.1. The normalized spacial score (nSPS) is 24.3. The number of ether oxygens (including phenoxy) is 1. The van der Waals surface area contributed by atoms with E-state index < -0.39 is 0 Å². The van der Waals surface area contributed by atoms with E-state index in [0.29, 0.717) is 6.04 Å². The van der Waals surface area contributed by atoms with Gasteiger partial charge in [-0.1, -0.05) is 13.0 Å². The lowest BCUT2D eigenvalue weighted by Crippen LogP contribution is -2.47. The van der Waals surface area contributed by atoms with Crippen LogP contribution < -0.4 is 5.32 Å². The van der Waals surface area contributed by atoms with Crippen molar-refractivity contribution >= 4 is 17.3 Å². The van der Waals surface area contributed by atoms with Crippen LogP contribution in [0.25, 0.3) is 0 Å². The number of guanidine groups is 1. The fourth-order valence-corrected chi connectivity index (χ4v) is 4.59. The van der Waals surface area contributed by atoms with Gasteiger partial charge in [-0.05, 0) is 37.1 Å². The smallest absolute Gasteiger partial charge is 0.193 e. The van der Waals surface area contributed by atoms with E-state index in [1.807, 2.05) is 11.3 Å². The topological polar surface area (TPSA) is 40.1 Å². The molecular formula is C19H32N4OS. The van der Waals surface area contributed by atoms with E-state index in [2.05, 4.69) is 46.5 Å². The maximum absolute atomic E-state index is 5.54. The molecule has 1 aromatic rings. The molecule has 6 heteroatoms. The molecule has 2 atom stereocenters. The first kappa shape index (κ1) is 18.7. The molecule has 2 aliphatic heterocycles. The molecule has 0 aromatic carbocycles. The molecule has 2 saturated heterocycles. The van der Waals surface area contributed by atoms with Gasteiger partial charge >= 0.3 is 0 Å². The maximum Gasteiger partial charge on any atom is 0.193 e. The van der Waals surface area contributed by atoms with Crippen LogP contribution in [-0.2, 0) is 4.74 Å². The minimum Gasteiger partial charge on any atom is -0.379 e. The zero-order valence-electron chi connectivity index (χ0n) is 15.6. The molecule has 25 heavy (non-hydrogen) atoms. The average Bonchev–Trinajstić information content (AvgIpc) is 3.16. The molecule has 5 nitrogen and oxygen atoms in total. The fraction of sp³-hybridized carbons (Fsp3) is 0.737. The van der Waals surface area contributed by atoms with E-state index in [1.165, 1.54) is 17.7 Å². The number of rotatable bonds is 5. The summed E-state index contributed by atoms with van der Waals surface area (Å²) in [5, 5.41) is 5.68. The molecule has 3 rings (SSSR count). The minimum atomic E-state index is 0.361. The average molecular weight is 365 g/mol. The van der Waals surface area contributed by atoms with Gasteiger partial charge in [0.25, 0.3) is 0 Å². The van der Waals surface area contributed by atoms with Crippen LogP contribution in [-0.4, -0.2) is 68.2 Å². The predicted molar refractivity (Wildman–Crippen MR) is 105 cm³/mol. The Balaban J connectivity index is 1.72. The summed E-state index contributed by atoms with van der Waals surface area (Å²) in [5.74, 6) is 1.84. The molecule has 3 heterocycles. The van der Waals surface area contributed by atoms with Crippen molar-refractivity contribution in [1.82, 2.24) is 15.1 Å². The van der Waals surface area contributed by atoms with Gasteiger partial charge in [0, 0.05) is 37.6 Å². The predicted octanol–water partition coefficient (Wildman–Crippen LogP) is 2.82. The number of hydrogen-bond acceptors (Lipinski definition) is 4. The highest BCUT2D eigenvalue weighted by Gasteiger charge is 2.24. The molecule has 1 N–H and O–H groups in total. The quantitative estimate of drug-likeness (QED) is 0.644. The Labute approximate surface area is 156 Å². The van der Waals surface area contributed by atoms with Crippen LogP contribution in [0.5, 0.6) is 0 Å². The first-order chi connectivity index (χ1) is 12.3. The minimum absolute atomic E-state index is 0.361. The molecule has 140 valence electrons. The number of morpholine rings is 1. The van der Waals surface area contributed by atoms with Crippen LogP contribution in [0.3, 0.4) is 0 Å². The summed E-state index contributed by atoms with van der Waals surface area (Å²) in [7, 11) is 0. The highest BCUT2D eigenvalue weighted by molar-refractivity contribution is 7.10. The largest absolute Gasteiger partial charge is 0.379 e. The zero-order valence-corrected chi connectivity index (χ0v) is 16.4. The molecule has 0 spiro atoms. The standard InChI is InChI=1S/C19H32N4OS/c1-3-20-19(23-8-4-6-16(2)15-23)21-14-17(18-7-5-13-25-18)22-9-11-24-12-10-22/h5,7,13,16-17H,3-4,6,8-12,14-15H2,1-2H3,(H,20,21). The first-order valence-corrected chi connectivity index (χ1v) is 10.5. The lowest BCUT2D eigenvalue weighted by molar-refractivity contribution is 0.0186. The molecule has 2 aliphatic rings. The number of likely N-dealkylation sites (tertiary alicyclic amines) is 1. The Morgan fingerprint density at radius 2 is 2.24 bits per heavy atom. The van der Waals surface area contributed by atoms with Gasteiger partial charge in [0.1, 0.15) is 0 Å². The highest BCUT2D eigenvalue weighted by atomic mass is 32.1. The van der Waals surface area contributed by atoms with Crippen molar-refractivity contribution in [2.45, 2.75) is 32.7 Å². The van der Waals surface area contributed by atoms with Gasteiger partial charge in [0.05, 0.1) is 25.8 Å². The van der Waals surface area contributed by atoms with Crippen molar-refractivity contribution in [1.29, 1.82) is 0 Å². The van der Waals surface area contributed by atoms with Crippen LogP contribution in [0.4, 0.5) is 0 Å². The summed E-state index contributed by atoms with van der Waals surface area (Å²) in [6.07, 6.45) is 2.60. The molecule has 0 bridgehead atoms. The highest BCUT2D eigenvalue weighted by Crippen LogP contribution is 2.26. The molecule has 0 saturated carbocycles. The van der Waals surface area contributed by atoms with Gasteiger partial charge in [-0.15, -0.1) is 11.3 Å². The lowest BCUT2D eigenvalue weighted by atomic mass is 10.0. The summed E-state index contributed by atoms with van der Waals surface area (Å²) < 4.78 is 5.54. The maximum atomic E-state index is 5.54. The van der Waals surface area contributed by atoms with Crippen LogP contribution in [0.1, 0.15) is 37.6 Å². The summed E-state index contributed by atoms with van der Waals surface area (Å²) in [6, 6.07) is 4.75. The number of nitrogens with zero attached hydrogens (tertiary/aromatic N) is 3. The SMILES string of the molecule is CCNC(=NCC(c1cccs1)N1CCOCC1)N1CCCC(C)C1. The van der Waals surface area contributed by atoms with Gasteiger partial charge in [-0.3, -0.25) is 9.89 Å². The second-order valence-electron chi connectivity index (χ2n) is 7.07. The Kier molecular flexibility index (Phi) is 7.13. The number of aliphatic imine (C=N–C) groups is 1. The van der Waals surface area contributed by atoms with Crippen molar-refractivity contribution in [3.8, 4) is 0 Å². The number of nitrogens with one attached hydrogen (secondary N) is 1. The van der Waals surface area contributed by atoms with E-state index in [-0.39, 0.29) is 0 Å². The van der Waals surface area contributed by atoms with Crippen LogP contribution in [0.2, 0.25) is 0 Å². The lowest BCUT2D eigenvalue weighted by Gasteiger charge is -2.35. The van der Waals surface area contributed by atoms with Gasteiger partial charge in [-0.2, -0.15) is 0 Å². The van der Waals surface area contributed by atoms with Gasteiger partial charge in [-0.25, -0.2) is 0 Å². The first-order valence-electron chi connectivity index (χ1n) is 9.66. The fourth-order valence-electron chi connectivity index (χ4n) is 3.74. The van der Waals surface area contributed by atoms with E-state index >= 15 is 0 Å². The van der Waals surface area contributed by atoms with Crippen LogP contribution in [0, 0.1) is 5.92 Å². The van der Waals surface area contributed by atoms with Gasteiger partial charge in [0.15, 0.2) is 5.96 Å². The third-order valence-electron chi connectivity index (χ3n) is 5.06. The zero-order chi connectivity index (χ0) is 17.5. The number of hydrogen-bond donors (Lipinski definition) is 1. The molecule has 0 aliphatic carbocycles. The summed E-state index contributed by atoms with van der Waals surface area (Å²) in [4.78, 5) is 11.4. The van der Waals surface area contributed by atoms with Gasteiger partial charge < -0.3 is 15.0 Å². The van der Waals surface area contributed by atoms with E-state index in [1.54, 1.807) is 0 Å². The van der Waals surface area contributed by atoms with Crippen molar-refractivity contribution in [2.75, 3.05) is 52.5 Å². The second-order valence-corrected chi connectivity index (χ2v) is 8.05. The summed E-state index contributed by atoms with van der Waals surface area (Å²) >= 11 is 1.84. The van der Waals surface area contributed by atoms with Crippen molar-refractivity contribution < 1.29 is 4.74 Å². The number of thiophene rings is 1. The number of piperidine rings is 1. The molecule has 1 aromatic heterocycles. The van der Waals surface area contributed by atoms with Crippen LogP contribution in [0.15, 0.2) is 22.5 Å². The summed E-state index contributed by atoms with van der Waals surface area (Å²) in [5.41, 5.74) is 0. The monoisotopic (exact) mass is 364 g/mol. The van der Waals surface area contributed by atoms with Gasteiger partial charge in [0.2, 0.25) is 0 Å². The van der Waals surface area contributed by atoms with E-state index in [0.717, 1.165) is 64.4 Å². The molecule has 0 amide bonds. The van der Waals surface area contributed by atoms with Crippen molar-refractivity contribution in [3.05, 3.63) is 22.4 Å². The second kappa shape index (κ2) is 9.55. The molecule has 2 fully saturated rings. The Morgan fingerprint density at radius 1 is 1.40 bits per heavy atom. The van der Waals surface area contributed by atoms with Crippen molar-refractivity contribution in [2.24, 2.45) is 10.9 Å². The third kappa shape index (κ3) is 5.19. The van der Waals surface area contributed by atoms with E-state index in [4.69, 9.17) is 9.73 Å². The Morgan fingerprint density at radius 3 is 2.92 bits per heavy atom.